The summed E-state index contributed by atoms with van der Waals surface area (Å²) in [7, 11) is 0. The standard InChI is InChI=1S/C16H16N2O2/c1-10-5-6-11-12(9-10)13-17-15(20)16(18(13)14(11)19)7-3-2-4-8-16/h5-6,9H,2-4,7-8H2,1H3. The minimum absolute atomic E-state index is 0.0495. The molecule has 3 aliphatic rings. The SMILES string of the molecule is Cc1ccc2c(c1)C1=NC(=O)C3(CCCCC3)N1C2=O. The lowest BCUT2D eigenvalue weighted by Gasteiger charge is -2.37. The molecule has 4 rings (SSSR count). The summed E-state index contributed by atoms with van der Waals surface area (Å²) < 4.78 is 0. The largest absolute Gasteiger partial charge is 0.276 e. The summed E-state index contributed by atoms with van der Waals surface area (Å²) in [6.07, 6.45) is 4.62. The Kier molecular flexibility index (Phi) is 2.23. The maximum Gasteiger partial charge on any atom is 0.274 e. The van der Waals surface area contributed by atoms with Crippen LogP contribution in [0.25, 0.3) is 0 Å². The van der Waals surface area contributed by atoms with E-state index in [0.29, 0.717) is 11.4 Å². The molecule has 1 aliphatic carbocycles. The number of fused-ring (bicyclic) bond motifs is 4. The lowest BCUT2D eigenvalue weighted by atomic mass is 9.80. The van der Waals surface area contributed by atoms with Gasteiger partial charge in [0.2, 0.25) is 0 Å². The Balaban J connectivity index is 1.88. The molecule has 1 aromatic carbocycles. The topological polar surface area (TPSA) is 49.7 Å². The molecule has 0 radical (unpaired) electrons. The predicted octanol–water partition coefficient (Wildman–Crippen LogP) is 2.44. The normalized spacial score (nSPS) is 23.1. The molecule has 102 valence electrons. The monoisotopic (exact) mass is 268 g/mol. The molecule has 20 heavy (non-hydrogen) atoms. The van der Waals surface area contributed by atoms with Crippen LogP contribution < -0.4 is 0 Å². The van der Waals surface area contributed by atoms with Crippen molar-refractivity contribution >= 4 is 17.6 Å². The van der Waals surface area contributed by atoms with Gasteiger partial charge < -0.3 is 0 Å². The van der Waals surface area contributed by atoms with Crippen molar-refractivity contribution in [3.63, 3.8) is 0 Å². The average molecular weight is 268 g/mol. The fraction of sp³-hybridized carbons (Fsp3) is 0.438. The Morgan fingerprint density at radius 3 is 2.60 bits per heavy atom. The number of amides is 2. The summed E-state index contributed by atoms with van der Waals surface area (Å²) in [5.41, 5.74) is 1.91. The fourth-order valence-corrected chi connectivity index (χ4v) is 3.74. The number of aryl methyl sites for hydroxylation is 1. The third-order valence-electron chi connectivity index (χ3n) is 4.78. The van der Waals surface area contributed by atoms with Crippen LogP contribution in [-0.4, -0.2) is 28.1 Å². The quantitative estimate of drug-likeness (QED) is 0.725. The molecule has 1 fully saturated rings. The average Bonchev–Trinajstić information content (AvgIpc) is 2.87. The molecule has 1 aromatic rings. The second kappa shape index (κ2) is 3.78. The van der Waals surface area contributed by atoms with Crippen molar-refractivity contribution in [3.05, 3.63) is 34.9 Å². The van der Waals surface area contributed by atoms with Crippen LogP contribution in [0, 0.1) is 6.92 Å². The van der Waals surface area contributed by atoms with E-state index in [2.05, 4.69) is 4.99 Å². The zero-order valence-corrected chi connectivity index (χ0v) is 11.5. The van der Waals surface area contributed by atoms with E-state index >= 15 is 0 Å². The van der Waals surface area contributed by atoms with Crippen LogP contribution in [0.15, 0.2) is 23.2 Å². The summed E-state index contributed by atoms with van der Waals surface area (Å²) in [5, 5.41) is 0. The van der Waals surface area contributed by atoms with Gasteiger partial charge in [0.1, 0.15) is 11.4 Å². The van der Waals surface area contributed by atoms with Crippen molar-refractivity contribution in [2.75, 3.05) is 0 Å². The zero-order valence-electron chi connectivity index (χ0n) is 11.5. The lowest BCUT2D eigenvalue weighted by Crippen LogP contribution is -2.53. The fourth-order valence-electron chi connectivity index (χ4n) is 3.74. The highest BCUT2D eigenvalue weighted by molar-refractivity contribution is 6.30. The van der Waals surface area contributed by atoms with Gasteiger partial charge in [0.05, 0.1) is 5.56 Å². The van der Waals surface area contributed by atoms with Gasteiger partial charge in [-0.15, -0.1) is 0 Å². The van der Waals surface area contributed by atoms with E-state index in [1.165, 1.54) is 0 Å². The second-order valence-electron chi connectivity index (χ2n) is 6.02. The number of benzene rings is 1. The van der Waals surface area contributed by atoms with E-state index in [9.17, 15) is 9.59 Å². The molecule has 1 saturated carbocycles. The van der Waals surface area contributed by atoms with Gasteiger partial charge >= 0.3 is 0 Å². The van der Waals surface area contributed by atoms with E-state index in [4.69, 9.17) is 0 Å². The molecule has 0 unspecified atom stereocenters. The van der Waals surface area contributed by atoms with Crippen LogP contribution >= 0.6 is 0 Å². The van der Waals surface area contributed by atoms with Crippen molar-refractivity contribution in [2.45, 2.75) is 44.6 Å². The van der Waals surface area contributed by atoms with Gasteiger partial charge in [-0.2, -0.15) is 4.99 Å². The number of aliphatic imine (C=N–C) groups is 1. The summed E-state index contributed by atoms with van der Waals surface area (Å²) in [5.74, 6) is 0.416. The number of amidine groups is 1. The van der Waals surface area contributed by atoms with Crippen LogP contribution in [0.1, 0.15) is 53.6 Å². The summed E-state index contributed by atoms with van der Waals surface area (Å²) >= 11 is 0. The first-order valence-corrected chi connectivity index (χ1v) is 7.22. The molecule has 4 heteroatoms. The molecular formula is C16H16N2O2. The van der Waals surface area contributed by atoms with Crippen LogP contribution in [0.3, 0.4) is 0 Å². The Labute approximate surface area is 117 Å². The molecule has 1 spiro atoms. The molecule has 0 bridgehead atoms. The highest BCUT2D eigenvalue weighted by Gasteiger charge is 2.56. The first-order valence-electron chi connectivity index (χ1n) is 7.22. The second-order valence-corrected chi connectivity index (χ2v) is 6.02. The third-order valence-corrected chi connectivity index (χ3v) is 4.78. The van der Waals surface area contributed by atoms with Gasteiger partial charge in [0.25, 0.3) is 11.8 Å². The van der Waals surface area contributed by atoms with E-state index in [0.717, 1.165) is 43.2 Å². The van der Waals surface area contributed by atoms with E-state index < -0.39 is 5.54 Å². The minimum Gasteiger partial charge on any atom is -0.276 e. The number of hydrogen-bond acceptors (Lipinski definition) is 2. The molecule has 2 heterocycles. The first kappa shape index (κ1) is 11.8. The van der Waals surface area contributed by atoms with Crippen molar-refractivity contribution in [1.29, 1.82) is 0 Å². The van der Waals surface area contributed by atoms with E-state index in [-0.39, 0.29) is 11.8 Å². The smallest absolute Gasteiger partial charge is 0.274 e. The number of rotatable bonds is 0. The summed E-state index contributed by atoms with van der Waals surface area (Å²) in [4.78, 5) is 31.1. The van der Waals surface area contributed by atoms with Crippen molar-refractivity contribution in [2.24, 2.45) is 4.99 Å². The van der Waals surface area contributed by atoms with Gasteiger partial charge in [0.15, 0.2) is 0 Å². The number of hydrogen-bond donors (Lipinski definition) is 0. The highest BCUT2D eigenvalue weighted by Crippen LogP contribution is 2.43. The third kappa shape index (κ3) is 1.29. The minimum atomic E-state index is -0.683. The van der Waals surface area contributed by atoms with Crippen LogP contribution in [-0.2, 0) is 4.79 Å². The number of carbonyl (C=O) groups excluding carboxylic acids is 2. The molecule has 0 N–H and O–H groups in total. The Bertz CT molecular complexity index is 669. The Morgan fingerprint density at radius 1 is 1.10 bits per heavy atom. The molecular weight excluding hydrogens is 252 g/mol. The van der Waals surface area contributed by atoms with E-state index in [1.807, 2.05) is 25.1 Å². The molecule has 2 aliphatic heterocycles. The van der Waals surface area contributed by atoms with Gasteiger partial charge in [-0.05, 0) is 31.9 Å². The van der Waals surface area contributed by atoms with E-state index in [1.54, 1.807) is 4.90 Å². The predicted molar refractivity (Wildman–Crippen MR) is 74.7 cm³/mol. The summed E-state index contributed by atoms with van der Waals surface area (Å²) in [6, 6.07) is 5.75. The van der Waals surface area contributed by atoms with Crippen molar-refractivity contribution in [1.82, 2.24) is 4.90 Å². The molecule has 4 nitrogen and oxygen atoms in total. The Morgan fingerprint density at radius 2 is 1.85 bits per heavy atom. The lowest BCUT2D eigenvalue weighted by molar-refractivity contribution is -0.126. The van der Waals surface area contributed by atoms with Gasteiger partial charge in [-0.25, -0.2) is 0 Å². The van der Waals surface area contributed by atoms with Crippen molar-refractivity contribution in [3.8, 4) is 0 Å². The number of nitrogens with zero attached hydrogens (tertiary/aromatic N) is 2. The Hall–Kier alpha value is -1.97. The van der Waals surface area contributed by atoms with Gasteiger partial charge in [0, 0.05) is 5.56 Å². The molecule has 0 aromatic heterocycles. The van der Waals surface area contributed by atoms with Crippen LogP contribution in [0.5, 0.6) is 0 Å². The molecule has 0 atom stereocenters. The molecule has 0 saturated heterocycles. The maximum atomic E-state index is 12.7. The highest BCUT2D eigenvalue weighted by atomic mass is 16.2. The summed E-state index contributed by atoms with van der Waals surface area (Å²) in [6.45, 7) is 1.99. The molecule has 2 amide bonds. The van der Waals surface area contributed by atoms with Crippen LogP contribution in [0.2, 0.25) is 0 Å². The van der Waals surface area contributed by atoms with Gasteiger partial charge in [-0.1, -0.05) is 30.9 Å². The van der Waals surface area contributed by atoms with Gasteiger partial charge in [-0.3, -0.25) is 14.5 Å². The van der Waals surface area contributed by atoms with Crippen molar-refractivity contribution < 1.29 is 9.59 Å². The first-order chi connectivity index (χ1) is 9.63. The number of carbonyl (C=O) groups is 2. The zero-order chi connectivity index (χ0) is 13.9. The maximum absolute atomic E-state index is 12.7. The van der Waals surface area contributed by atoms with Crippen LogP contribution in [0.4, 0.5) is 0 Å².